The van der Waals surface area contributed by atoms with Gasteiger partial charge >= 0.3 is 0 Å². The van der Waals surface area contributed by atoms with Crippen molar-refractivity contribution in [3.05, 3.63) is 60.6 Å². The Labute approximate surface area is 182 Å². The monoisotopic (exact) mass is 420 g/mol. The molecule has 1 aliphatic heterocycles. The number of ether oxygens (including phenoxy) is 2. The zero-order chi connectivity index (χ0) is 21.5. The van der Waals surface area contributed by atoms with Crippen molar-refractivity contribution >= 4 is 5.91 Å². The predicted molar refractivity (Wildman–Crippen MR) is 118 cm³/mol. The van der Waals surface area contributed by atoms with Crippen molar-refractivity contribution in [3.63, 3.8) is 0 Å². The molecule has 0 saturated carbocycles. The van der Waals surface area contributed by atoms with Crippen molar-refractivity contribution in [3.8, 4) is 22.4 Å². The van der Waals surface area contributed by atoms with Gasteiger partial charge in [0.25, 0.3) is 0 Å². The molecule has 7 heteroatoms. The number of benzene rings is 1. The first kappa shape index (κ1) is 21.2. The molecule has 1 fully saturated rings. The number of nitrogens with one attached hydrogen (secondary N) is 1. The van der Waals surface area contributed by atoms with Crippen LogP contribution in [0.1, 0.15) is 24.8 Å². The van der Waals surface area contributed by atoms with Crippen LogP contribution in [0.3, 0.4) is 0 Å². The number of nitrogens with zero attached hydrogens (tertiary/aromatic N) is 3. The maximum Gasteiger partial charge on any atom is 0.246 e. The third-order valence-electron chi connectivity index (χ3n) is 5.32. The Morgan fingerprint density at radius 3 is 2.90 bits per heavy atom. The summed E-state index contributed by atoms with van der Waals surface area (Å²) in [5.74, 6) is -0.128. The third kappa shape index (κ3) is 5.77. The van der Waals surface area contributed by atoms with Crippen molar-refractivity contribution in [1.29, 1.82) is 0 Å². The van der Waals surface area contributed by atoms with E-state index in [4.69, 9.17) is 9.47 Å². The minimum Gasteiger partial charge on any atom is -0.376 e. The minimum atomic E-state index is -0.128. The highest BCUT2D eigenvalue weighted by molar-refractivity contribution is 5.80. The average molecular weight is 421 g/mol. The van der Waals surface area contributed by atoms with Gasteiger partial charge in [0.05, 0.1) is 12.7 Å². The first-order valence-corrected chi connectivity index (χ1v) is 10.7. The molecule has 1 amide bonds. The molecule has 162 valence electrons. The second-order valence-corrected chi connectivity index (χ2v) is 7.78. The molecule has 7 nitrogen and oxygen atoms in total. The molecule has 0 radical (unpaired) electrons. The lowest BCUT2D eigenvalue weighted by Gasteiger charge is -2.22. The van der Waals surface area contributed by atoms with Gasteiger partial charge in [-0.15, -0.1) is 0 Å². The van der Waals surface area contributed by atoms with Crippen LogP contribution in [0.2, 0.25) is 0 Å². The van der Waals surface area contributed by atoms with Gasteiger partial charge < -0.3 is 14.8 Å². The molecular formula is C24H28N4O3. The molecule has 1 aliphatic rings. The highest BCUT2D eigenvalue weighted by Gasteiger charge is 2.15. The average Bonchev–Trinajstić information content (AvgIpc) is 3.21. The molecule has 0 bridgehead atoms. The van der Waals surface area contributed by atoms with Gasteiger partial charge in [-0.1, -0.05) is 18.2 Å². The lowest BCUT2D eigenvalue weighted by Crippen LogP contribution is -2.30. The van der Waals surface area contributed by atoms with Crippen LogP contribution in [0, 0.1) is 0 Å². The SMILES string of the molecule is Cn1cc(-c2ccncc2)c(-c2cccc(CNC(=O)COC[C@@H]3CCCCO3)c2)n1. The predicted octanol–water partition coefficient (Wildman–Crippen LogP) is 3.35. The summed E-state index contributed by atoms with van der Waals surface area (Å²) in [4.78, 5) is 16.3. The fourth-order valence-corrected chi connectivity index (χ4v) is 3.75. The number of aromatic nitrogens is 3. The zero-order valence-electron chi connectivity index (χ0n) is 17.8. The highest BCUT2D eigenvalue weighted by Crippen LogP contribution is 2.30. The maximum atomic E-state index is 12.2. The number of amides is 1. The topological polar surface area (TPSA) is 78.3 Å². The Morgan fingerprint density at radius 1 is 1.23 bits per heavy atom. The summed E-state index contributed by atoms with van der Waals surface area (Å²) < 4.78 is 13.0. The molecule has 1 saturated heterocycles. The van der Waals surface area contributed by atoms with Crippen LogP contribution in [0.15, 0.2) is 55.0 Å². The highest BCUT2D eigenvalue weighted by atomic mass is 16.5. The van der Waals surface area contributed by atoms with Crippen LogP contribution < -0.4 is 5.32 Å². The van der Waals surface area contributed by atoms with Gasteiger partial charge in [0, 0.05) is 49.9 Å². The van der Waals surface area contributed by atoms with E-state index in [-0.39, 0.29) is 18.6 Å². The van der Waals surface area contributed by atoms with Gasteiger partial charge in [0.2, 0.25) is 5.91 Å². The van der Waals surface area contributed by atoms with Crippen LogP contribution >= 0.6 is 0 Å². The Kier molecular flexibility index (Phi) is 7.07. The van der Waals surface area contributed by atoms with E-state index in [9.17, 15) is 4.79 Å². The third-order valence-corrected chi connectivity index (χ3v) is 5.32. The normalized spacial score (nSPS) is 16.2. The molecule has 1 aromatic carbocycles. The minimum absolute atomic E-state index is 0.0476. The molecule has 2 aromatic heterocycles. The fourth-order valence-electron chi connectivity index (χ4n) is 3.75. The lowest BCUT2D eigenvalue weighted by atomic mass is 10.0. The fraction of sp³-hybridized carbons (Fsp3) is 0.375. The number of aryl methyl sites for hydroxylation is 1. The molecule has 3 aromatic rings. The van der Waals surface area contributed by atoms with Crippen molar-refractivity contribution in [2.45, 2.75) is 31.9 Å². The summed E-state index contributed by atoms with van der Waals surface area (Å²) >= 11 is 0. The first-order valence-electron chi connectivity index (χ1n) is 10.7. The maximum absolute atomic E-state index is 12.2. The first-order chi connectivity index (χ1) is 15.2. The Bertz CT molecular complexity index is 997. The molecule has 31 heavy (non-hydrogen) atoms. The van der Waals surface area contributed by atoms with Crippen molar-refractivity contribution in [1.82, 2.24) is 20.1 Å². The quantitative estimate of drug-likeness (QED) is 0.605. The molecule has 4 rings (SSSR count). The van der Waals surface area contributed by atoms with Gasteiger partial charge in [0.15, 0.2) is 0 Å². The summed E-state index contributed by atoms with van der Waals surface area (Å²) in [6.45, 7) is 1.75. The Hall–Kier alpha value is -3.03. The van der Waals surface area contributed by atoms with Gasteiger partial charge in [-0.05, 0) is 48.6 Å². The molecule has 3 heterocycles. The summed E-state index contributed by atoms with van der Waals surface area (Å²) in [6.07, 6.45) is 8.96. The van der Waals surface area contributed by atoms with E-state index < -0.39 is 0 Å². The van der Waals surface area contributed by atoms with E-state index in [2.05, 4.69) is 21.5 Å². The van der Waals surface area contributed by atoms with Crippen LogP contribution in [0.4, 0.5) is 0 Å². The number of pyridine rings is 1. The standard InChI is InChI=1S/C24H28N4O3/c1-28-15-22(19-8-10-25-11-9-19)24(27-28)20-6-4-5-18(13-20)14-26-23(29)17-30-16-21-7-2-3-12-31-21/h4-6,8-11,13,15,21H,2-3,7,12,14,16-17H2,1H3,(H,26,29)/t21-/m0/s1. The van der Waals surface area contributed by atoms with Gasteiger partial charge in [-0.3, -0.25) is 14.5 Å². The van der Waals surface area contributed by atoms with E-state index in [1.54, 1.807) is 12.4 Å². The number of carbonyl (C=O) groups excluding carboxylic acids is 1. The van der Waals surface area contributed by atoms with E-state index in [1.165, 1.54) is 0 Å². The van der Waals surface area contributed by atoms with Gasteiger partial charge in [0.1, 0.15) is 12.3 Å². The summed E-state index contributed by atoms with van der Waals surface area (Å²) in [5.41, 5.74) is 5.02. The van der Waals surface area contributed by atoms with E-state index in [0.717, 1.165) is 53.8 Å². The molecule has 0 unspecified atom stereocenters. The van der Waals surface area contributed by atoms with E-state index in [0.29, 0.717) is 13.2 Å². The number of hydrogen-bond donors (Lipinski definition) is 1. The lowest BCUT2D eigenvalue weighted by molar-refractivity contribution is -0.128. The Morgan fingerprint density at radius 2 is 2.10 bits per heavy atom. The second-order valence-electron chi connectivity index (χ2n) is 7.78. The summed E-state index contributed by atoms with van der Waals surface area (Å²) in [7, 11) is 1.91. The van der Waals surface area contributed by atoms with Crippen LogP contribution in [-0.2, 0) is 27.9 Å². The summed E-state index contributed by atoms with van der Waals surface area (Å²) in [6, 6.07) is 12.0. The van der Waals surface area contributed by atoms with Gasteiger partial charge in [-0.25, -0.2) is 0 Å². The van der Waals surface area contributed by atoms with Crippen LogP contribution in [0.5, 0.6) is 0 Å². The number of carbonyl (C=O) groups is 1. The number of rotatable bonds is 8. The van der Waals surface area contributed by atoms with Crippen LogP contribution in [0.25, 0.3) is 22.4 Å². The molecule has 1 N–H and O–H groups in total. The van der Waals surface area contributed by atoms with Crippen LogP contribution in [-0.4, -0.2) is 46.6 Å². The van der Waals surface area contributed by atoms with Crippen molar-refractivity contribution in [2.24, 2.45) is 7.05 Å². The second kappa shape index (κ2) is 10.3. The zero-order valence-corrected chi connectivity index (χ0v) is 17.8. The van der Waals surface area contributed by atoms with Crippen molar-refractivity contribution < 1.29 is 14.3 Å². The molecular weight excluding hydrogens is 392 g/mol. The molecule has 1 atom stereocenters. The van der Waals surface area contributed by atoms with E-state index in [1.807, 2.05) is 48.3 Å². The molecule has 0 spiro atoms. The Balaban J connectivity index is 1.35. The van der Waals surface area contributed by atoms with Gasteiger partial charge in [-0.2, -0.15) is 5.10 Å². The molecule has 0 aliphatic carbocycles. The summed E-state index contributed by atoms with van der Waals surface area (Å²) in [5, 5.41) is 7.58. The van der Waals surface area contributed by atoms with E-state index >= 15 is 0 Å². The number of hydrogen-bond acceptors (Lipinski definition) is 5. The van der Waals surface area contributed by atoms with Crippen molar-refractivity contribution in [2.75, 3.05) is 19.8 Å². The largest absolute Gasteiger partial charge is 0.376 e. The smallest absolute Gasteiger partial charge is 0.246 e.